The summed E-state index contributed by atoms with van der Waals surface area (Å²) in [4.78, 5) is 53.2. The fraction of sp³-hybridized carbons (Fsp3) is 0.133. The maximum absolute atomic E-state index is 12.5. The van der Waals surface area contributed by atoms with Crippen LogP contribution < -0.4 is 11.2 Å². The molecule has 1 aliphatic rings. The largest absolute Gasteiger partial charge is 0.351 e. The number of fused-ring (bicyclic) bond motifs is 3. The molecule has 7 nitrogen and oxygen atoms in total. The molecule has 1 aliphatic carbocycles. The number of rotatable bonds is 2. The number of aryl methyl sites for hydroxylation is 1. The summed E-state index contributed by atoms with van der Waals surface area (Å²) < 4.78 is 1.31. The van der Waals surface area contributed by atoms with E-state index < -0.39 is 22.8 Å². The van der Waals surface area contributed by atoms with Crippen LogP contribution >= 0.6 is 11.8 Å². The first kappa shape index (κ1) is 15.1. The Morgan fingerprint density at radius 1 is 1.17 bits per heavy atom. The lowest BCUT2D eigenvalue weighted by Gasteiger charge is -2.16. The van der Waals surface area contributed by atoms with E-state index >= 15 is 0 Å². The molecule has 0 amide bonds. The highest BCUT2D eigenvalue weighted by molar-refractivity contribution is 6.27. The van der Waals surface area contributed by atoms with Crippen LogP contribution in [-0.4, -0.2) is 25.2 Å². The van der Waals surface area contributed by atoms with Crippen molar-refractivity contribution >= 4 is 40.6 Å². The summed E-state index contributed by atoms with van der Waals surface area (Å²) in [5.41, 5.74) is -1.48. The van der Waals surface area contributed by atoms with Gasteiger partial charge < -0.3 is 0 Å². The molecule has 3 rings (SSSR count). The molecule has 116 valence electrons. The Bertz CT molecular complexity index is 1060. The molecule has 0 unspecified atom stereocenters. The van der Waals surface area contributed by atoms with Gasteiger partial charge in [0.1, 0.15) is 0 Å². The number of aromatic nitrogens is 3. The summed E-state index contributed by atoms with van der Waals surface area (Å²) in [6.07, 6.45) is 3.56. The minimum Gasteiger partial charge on any atom is -0.289 e. The van der Waals surface area contributed by atoms with Crippen molar-refractivity contribution in [2.24, 2.45) is 0 Å². The van der Waals surface area contributed by atoms with Crippen molar-refractivity contribution in [3.8, 4) is 0 Å². The molecule has 8 heteroatoms. The monoisotopic (exact) mass is 331 g/mol. The highest BCUT2D eigenvalue weighted by Crippen LogP contribution is 2.26. The van der Waals surface area contributed by atoms with Crippen LogP contribution in [0.1, 0.15) is 33.3 Å². The number of carbonyl (C=O) groups excluding carboxylic acids is 2. The van der Waals surface area contributed by atoms with Crippen molar-refractivity contribution in [2.45, 2.75) is 13.3 Å². The smallest absolute Gasteiger partial charge is 0.289 e. The van der Waals surface area contributed by atoms with Crippen LogP contribution in [0.3, 0.4) is 0 Å². The fourth-order valence-corrected chi connectivity index (χ4v) is 2.81. The normalized spacial score (nSPS) is 13.5. The molecule has 0 aromatic carbocycles. The van der Waals surface area contributed by atoms with Gasteiger partial charge in [-0.1, -0.05) is 13.5 Å². The van der Waals surface area contributed by atoms with E-state index in [0.29, 0.717) is 20.8 Å². The zero-order valence-corrected chi connectivity index (χ0v) is 12.8. The van der Waals surface area contributed by atoms with Crippen LogP contribution in [0.15, 0.2) is 28.3 Å². The van der Waals surface area contributed by atoms with E-state index in [1.807, 2.05) is 0 Å². The lowest BCUT2D eigenvalue weighted by Crippen LogP contribution is -2.36. The Balaban J connectivity index is 2.71. The SMILES string of the molecule is C=Cn1c(=O)c2c3c(c(CC)nc2n(Cl)c1=O)C(=O)C=CC3=O. The molecule has 0 bridgehead atoms. The Hall–Kier alpha value is -2.80. The molecule has 0 radical (unpaired) electrons. The van der Waals surface area contributed by atoms with Gasteiger partial charge in [-0.3, -0.25) is 14.4 Å². The van der Waals surface area contributed by atoms with E-state index in [1.165, 1.54) is 0 Å². The van der Waals surface area contributed by atoms with Crippen molar-refractivity contribution < 1.29 is 9.59 Å². The van der Waals surface area contributed by atoms with Crippen molar-refractivity contribution in [1.82, 2.24) is 13.6 Å². The van der Waals surface area contributed by atoms with Crippen molar-refractivity contribution in [1.29, 1.82) is 0 Å². The molecule has 0 spiro atoms. The average molecular weight is 332 g/mol. The lowest BCUT2D eigenvalue weighted by atomic mass is 9.90. The lowest BCUT2D eigenvalue weighted by molar-refractivity contribution is 0.0994. The van der Waals surface area contributed by atoms with Gasteiger partial charge in [-0.05, 0) is 18.6 Å². The van der Waals surface area contributed by atoms with Crippen LogP contribution in [0, 0.1) is 0 Å². The van der Waals surface area contributed by atoms with Gasteiger partial charge in [0.05, 0.1) is 22.2 Å². The first-order valence-electron chi connectivity index (χ1n) is 6.71. The van der Waals surface area contributed by atoms with Gasteiger partial charge in [0.25, 0.3) is 5.56 Å². The molecule has 0 saturated carbocycles. The van der Waals surface area contributed by atoms with Crippen LogP contribution in [0.4, 0.5) is 0 Å². The second-order valence-corrected chi connectivity index (χ2v) is 5.18. The number of carbonyl (C=O) groups is 2. The van der Waals surface area contributed by atoms with Crippen LogP contribution in [0.25, 0.3) is 17.2 Å². The molecule has 0 atom stereocenters. The first-order chi connectivity index (χ1) is 10.9. The quantitative estimate of drug-likeness (QED) is 0.823. The summed E-state index contributed by atoms with van der Waals surface area (Å²) in [6, 6.07) is 0. The standard InChI is InChI=1S/C15H10ClN3O4/c1-3-7-10-8(20)5-6-9(21)11(10)12-13(17-7)19(16)15(23)18(4-2)14(12)22/h4-6H,2-3H2,1H3. The predicted molar refractivity (Wildman–Crippen MR) is 85.1 cm³/mol. The molecule has 0 saturated heterocycles. The third-order valence-electron chi connectivity index (χ3n) is 3.64. The number of nitrogens with zero attached hydrogens (tertiary/aromatic N) is 3. The molecule has 0 fully saturated rings. The molecule has 0 aliphatic heterocycles. The predicted octanol–water partition coefficient (Wildman–Crippen LogP) is 1.16. The summed E-state index contributed by atoms with van der Waals surface area (Å²) in [5.74, 6) is -0.924. The Morgan fingerprint density at radius 2 is 1.78 bits per heavy atom. The van der Waals surface area contributed by atoms with Crippen LogP contribution in [0.2, 0.25) is 0 Å². The molecule has 2 aromatic rings. The number of hydrogen-bond acceptors (Lipinski definition) is 5. The van der Waals surface area contributed by atoms with Gasteiger partial charge in [0.15, 0.2) is 17.2 Å². The Kier molecular flexibility index (Phi) is 3.37. The second-order valence-electron chi connectivity index (χ2n) is 4.84. The second kappa shape index (κ2) is 5.13. The molecular formula is C15H10ClN3O4. The zero-order chi connectivity index (χ0) is 16.9. The summed E-state index contributed by atoms with van der Waals surface area (Å²) in [7, 11) is 0. The topological polar surface area (TPSA) is 91.0 Å². The van der Waals surface area contributed by atoms with Gasteiger partial charge in [-0.15, -0.1) is 0 Å². The third kappa shape index (κ3) is 1.93. The molecule has 23 heavy (non-hydrogen) atoms. The molecule has 0 N–H and O–H groups in total. The number of pyridine rings is 1. The molecule has 2 aromatic heterocycles. The van der Waals surface area contributed by atoms with Crippen molar-refractivity contribution in [3.63, 3.8) is 0 Å². The number of halogens is 1. The minimum absolute atomic E-state index is 0.0747. The van der Waals surface area contributed by atoms with Crippen LogP contribution in [-0.2, 0) is 6.42 Å². The highest BCUT2D eigenvalue weighted by atomic mass is 35.5. The maximum Gasteiger partial charge on any atom is 0.351 e. The number of allylic oxidation sites excluding steroid dienone is 2. The first-order valence-corrected chi connectivity index (χ1v) is 7.05. The third-order valence-corrected chi connectivity index (χ3v) is 3.95. The van der Waals surface area contributed by atoms with E-state index in [-0.39, 0.29) is 22.2 Å². The minimum atomic E-state index is -0.848. The van der Waals surface area contributed by atoms with E-state index in [0.717, 1.165) is 18.4 Å². The Labute approximate surface area is 134 Å². The molecule has 2 heterocycles. The van der Waals surface area contributed by atoms with Gasteiger partial charge in [0, 0.05) is 18.0 Å². The number of ketones is 2. The van der Waals surface area contributed by atoms with Gasteiger partial charge in [-0.2, -0.15) is 4.09 Å². The van der Waals surface area contributed by atoms with Gasteiger partial charge in [-0.25, -0.2) is 14.3 Å². The van der Waals surface area contributed by atoms with Crippen molar-refractivity contribution in [2.75, 3.05) is 0 Å². The fourth-order valence-electron chi connectivity index (χ4n) is 2.60. The zero-order valence-electron chi connectivity index (χ0n) is 12.0. The maximum atomic E-state index is 12.5. The van der Waals surface area contributed by atoms with E-state index in [2.05, 4.69) is 11.6 Å². The van der Waals surface area contributed by atoms with Gasteiger partial charge in [0.2, 0.25) is 0 Å². The summed E-state index contributed by atoms with van der Waals surface area (Å²) in [5, 5.41) is -0.172. The summed E-state index contributed by atoms with van der Waals surface area (Å²) in [6.45, 7) is 5.13. The highest BCUT2D eigenvalue weighted by Gasteiger charge is 2.29. The van der Waals surface area contributed by atoms with Crippen LogP contribution in [0.5, 0.6) is 0 Å². The average Bonchev–Trinajstić information content (AvgIpc) is 2.55. The Morgan fingerprint density at radius 3 is 2.35 bits per heavy atom. The van der Waals surface area contributed by atoms with E-state index in [1.54, 1.807) is 6.92 Å². The summed E-state index contributed by atoms with van der Waals surface area (Å²) >= 11 is 5.96. The van der Waals surface area contributed by atoms with Gasteiger partial charge >= 0.3 is 5.69 Å². The van der Waals surface area contributed by atoms with E-state index in [4.69, 9.17) is 11.8 Å². The van der Waals surface area contributed by atoms with Crippen molar-refractivity contribution in [3.05, 3.63) is 56.4 Å². The van der Waals surface area contributed by atoms with E-state index in [9.17, 15) is 19.2 Å². The number of hydrogen-bond donors (Lipinski definition) is 0. The molecular weight excluding hydrogens is 322 g/mol.